The maximum atomic E-state index is 13.0. The van der Waals surface area contributed by atoms with Gasteiger partial charge < -0.3 is 5.32 Å². The van der Waals surface area contributed by atoms with E-state index in [-0.39, 0.29) is 11.7 Å². The topological polar surface area (TPSA) is 29.1 Å². The number of halogens is 1. The Bertz CT molecular complexity index is 521. The number of amides is 1. The Balaban J connectivity index is 2.35. The second-order valence-corrected chi connectivity index (χ2v) is 4.34. The van der Waals surface area contributed by atoms with E-state index in [1.165, 1.54) is 23.5 Å². The van der Waals surface area contributed by atoms with Gasteiger partial charge in [-0.2, -0.15) is 0 Å². The summed E-state index contributed by atoms with van der Waals surface area (Å²) in [5, 5.41) is 2.55. The molecule has 4 heteroatoms. The molecule has 0 spiro atoms. The minimum absolute atomic E-state index is 0.118. The third-order valence-electron chi connectivity index (χ3n) is 2.17. The average molecular weight is 235 g/mol. The first-order valence-corrected chi connectivity index (χ1v) is 5.60. The molecule has 0 saturated heterocycles. The number of benzene rings is 1. The van der Waals surface area contributed by atoms with Crippen molar-refractivity contribution in [2.45, 2.75) is 0 Å². The average Bonchev–Trinajstić information content (AvgIpc) is 2.77. The lowest BCUT2D eigenvalue weighted by atomic mass is 10.2. The Morgan fingerprint density at radius 2 is 2.12 bits per heavy atom. The van der Waals surface area contributed by atoms with Crippen LogP contribution in [0.2, 0.25) is 0 Å². The Kier molecular flexibility index (Phi) is 3.01. The second-order valence-electron chi connectivity index (χ2n) is 3.25. The standard InChI is InChI=1S/C12H10FNOS/c1-14-12(15)11-6-5-10(16-11)8-3-2-4-9(13)7-8/h2-7H,1H3,(H,14,15). The van der Waals surface area contributed by atoms with E-state index < -0.39 is 0 Å². The normalized spacial score (nSPS) is 10.1. The highest BCUT2D eigenvalue weighted by Gasteiger charge is 2.08. The Morgan fingerprint density at radius 1 is 1.31 bits per heavy atom. The molecule has 2 rings (SSSR count). The van der Waals surface area contributed by atoms with Gasteiger partial charge in [0.05, 0.1) is 4.88 Å². The maximum Gasteiger partial charge on any atom is 0.261 e. The van der Waals surface area contributed by atoms with Gasteiger partial charge in [-0.15, -0.1) is 11.3 Å². The van der Waals surface area contributed by atoms with Crippen molar-refractivity contribution in [3.8, 4) is 10.4 Å². The number of carbonyl (C=O) groups is 1. The van der Waals surface area contributed by atoms with Crippen LogP contribution >= 0.6 is 11.3 Å². The van der Waals surface area contributed by atoms with Crippen LogP contribution in [-0.2, 0) is 0 Å². The van der Waals surface area contributed by atoms with E-state index in [2.05, 4.69) is 5.32 Å². The van der Waals surface area contributed by atoms with Gasteiger partial charge in [0, 0.05) is 11.9 Å². The molecule has 0 aliphatic carbocycles. The summed E-state index contributed by atoms with van der Waals surface area (Å²) in [5.41, 5.74) is 0.792. The SMILES string of the molecule is CNC(=O)c1ccc(-c2cccc(F)c2)s1. The molecule has 0 atom stereocenters. The number of thiophene rings is 1. The number of carbonyl (C=O) groups excluding carboxylic acids is 1. The van der Waals surface area contributed by atoms with Crippen LogP contribution in [0.5, 0.6) is 0 Å². The van der Waals surface area contributed by atoms with Gasteiger partial charge in [-0.1, -0.05) is 12.1 Å². The van der Waals surface area contributed by atoms with E-state index >= 15 is 0 Å². The second kappa shape index (κ2) is 4.45. The minimum atomic E-state index is -0.271. The van der Waals surface area contributed by atoms with Crippen molar-refractivity contribution < 1.29 is 9.18 Å². The highest BCUT2D eigenvalue weighted by Crippen LogP contribution is 2.28. The summed E-state index contributed by atoms with van der Waals surface area (Å²) in [6, 6.07) is 9.90. The van der Waals surface area contributed by atoms with Gasteiger partial charge >= 0.3 is 0 Å². The summed E-state index contributed by atoms with van der Waals surface area (Å²) < 4.78 is 13.0. The monoisotopic (exact) mass is 235 g/mol. The molecule has 1 N–H and O–H groups in total. The van der Waals surface area contributed by atoms with E-state index in [9.17, 15) is 9.18 Å². The van der Waals surface area contributed by atoms with Gasteiger partial charge in [-0.3, -0.25) is 4.79 Å². The lowest BCUT2D eigenvalue weighted by Crippen LogP contribution is -2.15. The predicted molar refractivity (Wildman–Crippen MR) is 63.1 cm³/mol. The third-order valence-corrected chi connectivity index (χ3v) is 3.30. The van der Waals surface area contributed by atoms with Gasteiger partial charge in [0.25, 0.3) is 5.91 Å². The first-order chi connectivity index (χ1) is 7.70. The number of rotatable bonds is 2. The lowest BCUT2D eigenvalue weighted by molar-refractivity contribution is 0.0967. The van der Waals surface area contributed by atoms with Crippen LogP contribution in [0.4, 0.5) is 4.39 Å². The van der Waals surface area contributed by atoms with E-state index in [0.29, 0.717) is 4.88 Å². The molecule has 0 unspecified atom stereocenters. The van der Waals surface area contributed by atoms with E-state index in [1.807, 2.05) is 12.1 Å². The van der Waals surface area contributed by atoms with Crippen molar-refractivity contribution >= 4 is 17.2 Å². The Labute approximate surface area is 96.7 Å². The molecular formula is C12H10FNOS. The largest absolute Gasteiger partial charge is 0.354 e. The van der Waals surface area contributed by atoms with Gasteiger partial charge in [0.2, 0.25) is 0 Å². The number of hydrogen-bond donors (Lipinski definition) is 1. The van der Waals surface area contributed by atoms with Crippen LogP contribution in [0.1, 0.15) is 9.67 Å². The Morgan fingerprint density at radius 3 is 2.81 bits per heavy atom. The maximum absolute atomic E-state index is 13.0. The summed E-state index contributed by atoms with van der Waals surface area (Å²) in [4.78, 5) is 12.9. The fourth-order valence-electron chi connectivity index (χ4n) is 1.38. The molecular weight excluding hydrogens is 225 g/mol. The van der Waals surface area contributed by atoms with Gasteiger partial charge in [-0.25, -0.2) is 4.39 Å². The number of hydrogen-bond acceptors (Lipinski definition) is 2. The molecule has 0 fully saturated rings. The highest BCUT2D eigenvalue weighted by molar-refractivity contribution is 7.17. The molecule has 1 aromatic carbocycles. The van der Waals surface area contributed by atoms with Gasteiger partial charge in [0.15, 0.2) is 0 Å². The van der Waals surface area contributed by atoms with Crippen LogP contribution < -0.4 is 5.32 Å². The van der Waals surface area contributed by atoms with Crippen molar-refractivity contribution in [2.75, 3.05) is 7.05 Å². The smallest absolute Gasteiger partial charge is 0.261 e. The summed E-state index contributed by atoms with van der Waals surface area (Å²) in [7, 11) is 1.59. The fourth-order valence-corrected chi connectivity index (χ4v) is 2.33. The van der Waals surface area contributed by atoms with Crippen molar-refractivity contribution in [3.05, 3.63) is 47.1 Å². The molecule has 0 bridgehead atoms. The zero-order valence-corrected chi connectivity index (χ0v) is 9.48. The summed E-state index contributed by atoms with van der Waals surface area (Å²) >= 11 is 1.35. The highest BCUT2D eigenvalue weighted by atomic mass is 32.1. The van der Waals surface area contributed by atoms with E-state index in [0.717, 1.165) is 10.4 Å². The van der Waals surface area contributed by atoms with Crippen molar-refractivity contribution in [2.24, 2.45) is 0 Å². The molecule has 1 aromatic heterocycles. The number of nitrogens with one attached hydrogen (secondary N) is 1. The molecule has 0 aliphatic heterocycles. The van der Waals surface area contributed by atoms with Crippen LogP contribution in [0.25, 0.3) is 10.4 Å². The molecule has 1 amide bonds. The molecule has 2 nitrogen and oxygen atoms in total. The van der Waals surface area contributed by atoms with Crippen LogP contribution in [0.3, 0.4) is 0 Å². The quantitative estimate of drug-likeness (QED) is 0.852. The molecule has 0 radical (unpaired) electrons. The Hall–Kier alpha value is -1.68. The van der Waals surface area contributed by atoms with Gasteiger partial charge in [-0.05, 0) is 29.8 Å². The predicted octanol–water partition coefficient (Wildman–Crippen LogP) is 2.91. The third kappa shape index (κ3) is 2.12. The molecule has 82 valence electrons. The van der Waals surface area contributed by atoms with Crippen molar-refractivity contribution in [1.29, 1.82) is 0 Å². The van der Waals surface area contributed by atoms with E-state index in [4.69, 9.17) is 0 Å². The molecule has 0 aliphatic rings. The summed E-state index contributed by atoms with van der Waals surface area (Å²) in [5.74, 6) is -0.389. The fraction of sp³-hybridized carbons (Fsp3) is 0.0833. The summed E-state index contributed by atoms with van der Waals surface area (Å²) in [6.07, 6.45) is 0. The van der Waals surface area contributed by atoms with Gasteiger partial charge in [0.1, 0.15) is 5.82 Å². The van der Waals surface area contributed by atoms with Crippen molar-refractivity contribution in [1.82, 2.24) is 5.32 Å². The zero-order chi connectivity index (χ0) is 11.5. The molecule has 1 heterocycles. The molecule has 2 aromatic rings. The van der Waals surface area contributed by atoms with Crippen LogP contribution in [0.15, 0.2) is 36.4 Å². The molecule has 0 saturated carbocycles. The summed E-state index contributed by atoms with van der Waals surface area (Å²) in [6.45, 7) is 0. The van der Waals surface area contributed by atoms with Crippen LogP contribution in [0, 0.1) is 5.82 Å². The molecule has 16 heavy (non-hydrogen) atoms. The van der Waals surface area contributed by atoms with Crippen LogP contribution in [-0.4, -0.2) is 13.0 Å². The van der Waals surface area contributed by atoms with E-state index in [1.54, 1.807) is 19.2 Å². The minimum Gasteiger partial charge on any atom is -0.354 e. The first kappa shape index (κ1) is 10.8. The lowest BCUT2D eigenvalue weighted by Gasteiger charge is -1.96. The first-order valence-electron chi connectivity index (χ1n) is 4.78. The van der Waals surface area contributed by atoms with Crippen molar-refractivity contribution in [3.63, 3.8) is 0 Å². The zero-order valence-electron chi connectivity index (χ0n) is 8.66.